The SMILES string of the molecule is Nc1ncnc2c1ccn2C1OC(C2OCCc3cc(Cl)ccc32)C(O)C1O. The standard InChI is InChI=1S/C19H19ClN4O4/c20-10-1-2-11-9(7-10)4-6-27-15(11)16-13(25)14(26)19(28-16)24-5-3-12-17(21)22-8-23-18(12)24/h1-3,5,7-8,13-16,19,25-26H,4,6H2,(H2,21,22,23). The zero-order valence-electron chi connectivity index (χ0n) is 14.8. The fraction of sp³-hybridized carbons (Fsp3) is 0.368. The van der Waals surface area contributed by atoms with Crippen LogP contribution in [0.4, 0.5) is 5.82 Å². The van der Waals surface area contributed by atoms with Crippen LogP contribution in [0.5, 0.6) is 0 Å². The van der Waals surface area contributed by atoms with Crippen molar-refractivity contribution in [3.8, 4) is 0 Å². The van der Waals surface area contributed by atoms with Gasteiger partial charge in [-0.05, 0) is 35.7 Å². The quantitative estimate of drug-likeness (QED) is 0.596. The summed E-state index contributed by atoms with van der Waals surface area (Å²) < 4.78 is 13.7. The molecule has 0 radical (unpaired) electrons. The number of nitrogens with two attached hydrogens (primary N) is 1. The third-order valence-corrected chi connectivity index (χ3v) is 5.70. The molecular weight excluding hydrogens is 384 g/mol. The Hall–Kier alpha value is -2.23. The summed E-state index contributed by atoms with van der Waals surface area (Å²) in [4.78, 5) is 8.21. The maximum atomic E-state index is 10.7. The summed E-state index contributed by atoms with van der Waals surface area (Å²) in [6.45, 7) is 0.488. The summed E-state index contributed by atoms with van der Waals surface area (Å²) in [5, 5.41) is 22.7. The molecule has 5 unspecified atom stereocenters. The first-order valence-corrected chi connectivity index (χ1v) is 9.41. The molecule has 2 aromatic heterocycles. The van der Waals surface area contributed by atoms with Crippen LogP contribution in [0.15, 0.2) is 36.8 Å². The van der Waals surface area contributed by atoms with Gasteiger partial charge in [0.1, 0.15) is 42.2 Å². The molecule has 0 spiro atoms. The lowest BCUT2D eigenvalue weighted by molar-refractivity contribution is -0.113. The van der Waals surface area contributed by atoms with Gasteiger partial charge in [-0.3, -0.25) is 0 Å². The van der Waals surface area contributed by atoms with Crippen molar-refractivity contribution in [2.24, 2.45) is 0 Å². The highest BCUT2D eigenvalue weighted by Gasteiger charge is 2.49. The summed E-state index contributed by atoms with van der Waals surface area (Å²) in [5.41, 5.74) is 8.39. The molecular formula is C19H19ClN4O4. The van der Waals surface area contributed by atoms with E-state index in [4.69, 9.17) is 26.8 Å². The molecule has 0 aliphatic carbocycles. The van der Waals surface area contributed by atoms with Gasteiger partial charge in [-0.2, -0.15) is 0 Å². The van der Waals surface area contributed by atoms with Gasteiger partial charge in [-0.1, -0.05) is 17.7 Å². The van der Waals surface area contributed by atoms with Gasteiger partial charge < -0.3 is 30.0 Å². The lowest BCUT2D eigenvalue weighted by Gasteiger charge is -2.31. The summed E-state index contributed by atoms with van der Waals surface area (Å²) in [6, 6.07) is 7.34. The van der Waals surface area contributed by atoms with Crippen LogP contribution in [0.1, 0.15) is 23.5 Å². The number of benzene rings is 1. The van der Waals surface area contributed by atoms with Crippen molar-refractivity contribution in [1.82, 2.24) is 14.5 Å². The number of hydrogen-bond acceptors (Lipinski definition) is 7. The molecule has 1 aromatic carbocycles. The van der Waals surface area contributed by atoms with Gasteiger partial charge in [0.25, 0.3) is 0 Å². The maximum Gasteiger partial charge on any atom is 0.164 e. The van der Waals surface area contributed by atoms with Crippen molar-refractivity contribution >= 4 is 28.5 Å². The lowest BCUT2D eigenvalue weighted by Crippen LogP contribution is -2.37. The molecule has 0 saturated carbocycles. The molecule has 3 aromatic rings. The first kappa shape index (κ1) is 17.8. The number of halogens is 1. The maximum absolute atomic E-state index is 10.7. The van der Waals surface area contributed by atoms with E-state index in [9.17, 15) is 10.2 Å². The predicted molar refractivity (Wildman–Crippen MR) is 102 cm³/mol. The third kappa shape index (κ3) is 2.68. The lowest BCUT2D eigenvalue weighted by atomic mass is 9.92. The molecule has 4 N–H and O–H groups in total. The average Bonchev–Trinajstić information content (AvgIpc) is 3.24. The Morgan fingerprint density at radius 2 is 2.04 bits per heavy atom. The van der Waals surface area contributed by atoms with Crippen LogP contribution in [0.25, 0.3) is 11.0 Å². The van der Waals surface area contributed by atoms with Crippen molar-refractivity contribution < 1.29 is 19.7 Å². The molecule has 0 amide bonds. The molecule has 28 heavy (non-hydrogen) atoms. The minimum absolute atomic E-state index is 0.342. The summed E-state index contributed by atoms with van der Waals surface area (Å²) in [5.74, 6) is 0.342. The van der Waals surface area contributed by atoms with E-state index in [2.05, 4.69) is 9.97 Å². The first-order chi connectivity index (χ1) is 13.5. The van der Waals surface area contributed by atoms with Crippen LogP contribution in [-0.2, 0) is 15.9 Å². The van der Waals surface area contributed by atoms with Crippen molar-refractivity contribution in [2.45, 2.75) is 37.1 Å². The van der Waals surface area contributed by atoms with Crippen LogP contribution in [0, 0.1) is 0 Å². The van der Waals surface area contributed by atoms with Crippen molar-refractivity contribution in [3.05, 3.63) is 52.9 Å². The number of aliphatic hydroxyl groups is 2. The van der Waals surface area contributed by atoms with Crippen molar-refractivity contribution in [3.63, 3.8) is 0 Å². The van der Waals surface area contributed by atoms with E-state index in [1.807, 2.05) is 12.1 Å². The van der Waals surface area contributed by atoms with E-state index in [0.29, 0.717) is 28.5 Å². The fourth-order valence-corrected chi connectivity index (χ4v) is 4.28. The van der Waals surface area contributed by atoms with E-state index in [-0.39, 0.29) is 0 Å². The minimum atomic E-state index is -1.15. The van der Waals surface area contributed by atoms with Crippen molar-refractivity contribution in [2.75, 3.05) is 12.3 Å². The Bertz CT molecular complexity index is 1040. The van der Waals surface area contributed by atoms with Crippen LogP contribution in [0.3, 0.4) is 0 Å². The third-order valence-electron chi connectivity index (χ3n) is 5.47. The van der Waals surface area contributed by atoms with Gasteiger partial charge in [0.05, 0.1) is 12.0 Å². The number of fused-ring (bicyclic) bond motifs is 2. The van der Waals surface area contributed by atoms with E-state index in [1.165, 1.54) is 6.33 Å². The summed E-state index contributed by atoms with van der Waals surface area (Å²) >= 11 is 6.11. The molecule has 5 rings (SSSR count). The molecule has 4 heterocycles. The van der Waals surface area contributed by atoms with Gasteiger partial charge in [-0.15, -0.1) is 0 Å². The van der Waals surface area contributed by atoms with Gasteiger partial charge in [0.15, 0.2) is 6.23 Å². The van der Waals surface area contributed by atoms with E-state index < -0.39 is 30.6 Å². The number of aromatic nitrogens is 3. The van der Waals surface area contributed by atoms with E-state index in [0.717, 1.165) is 17.5 Å². The van der Waals surface area contributed by atoms with Crippen LogP contribution in [0.2, 0.25) is 5.02 Å². The van der Waals surface area contributed by atoms with Gasteiger partial charge in [-0.25, -0.2) is 9.97 Å². The second-order valence-electron chi connectivity index (χ2n) is 7.08. The average molecular weight is 403 g/mol. The number of nitrogens with zero attached hydrogens (tertiary/aromatic N) is 3. The van der Waals surface area contributed by atoms with E-state index in [1.54, 1.807) is 22.9 Å². The van der Waals surface area contributed by atoms with Gasteiger partial charge >= 0.3 is 0 Å². The van der Waals surface area contributed by atoms with Crippen LogP contribution >= 0.6 is 11.6 Å². The van der Waals surface area contributed by atoms with Crippen molar-refractivity contribution in [1.29, 1.82) is 0 Å². The Balaban J connectivity index is 1.50. The molecule has 146 valence electrons. The predicted octanol–water partition coefficient (Wildman–Crippen LogP) is 1.60. The molecule has 0 bridgehead atoms. The first-order valence-electron chi connectivity index (χ1n) is 9.03. The Morgan fingerprint density at radius 1 is 1.18 bits per heavy atom. The number of hydrogen-bond donors (Lipinski definition) is 3. The monoisotopic (exact) mass is 402 g/mol. The highest BCUT2D eigenvalue weighted by molar-refractivity contribution is 6.30. The Labute approximate surface area is 165 Å². The molecule has 2 aliphatic heterocycles. The number of rotatable bonds is 2. The smallest absolute Gasteiger partial charge is 0.164 e. The number of nitrogen functional groups attached to an aromatic ring is 1. The number of aliphatic hydroxyl groups excluding tert-OH is 2. The second-order valence-corrected chi connectivity index (χ2v) is 7.51. The molecule has 5 atom stereocenters. The van der Waals surface area contributed by atoms with E-state index >= 15 is 0 Å². The number of ether oxygens (including phenoxy) is 2. The molecule has 2 aliphatic rings. The van der Waals surface area contributed by atoms with Crippen LogP contribution < -0.4 is 5.73 Å². The minimum Gasteiger partial charge on any atom is -0.387 e. The number of anilines is 1. The molecule has 8 nitrogen and oxygen atoms in total. The fourth-order valence-electron chi connectivity index (χ4n) is 4.09. The molecule has 9 heteroatoms. The largest absolute Gasteiger partial charge is 0.387 e. The summed E-state index contributed by atoms with van der Waals surface area (Å²) in [6.07, 6.45) is -0.546. The molecule has 1 saturated heterocycles. The summed E-state index contributed by atoms with van der Waals surface area (Å²) in [7, 11) is 0. The van der Waals surface area contributed by atoms with Gasteiger partial charge in [0, 0.05) is 11.2 Å². The normalized spacial score (nSPS) is 29.9. The second kappa shape index (κ2) is 6.68. The van der Waals surface area contributed by atoms with Crippen LogP contribution in [-0.4, -0.2) is 49.7 Å². The highest BCUT2D eigenvalue weighted by Crippen LogP contribution is 2.41. The van der Waals surface area contributed by atoms with Gasteiger partial charge in [0.2, 0.25) is 0 Å². The molecule has 1 fully saturated rings. The Morgan fingerprint density at radius 3 is 2.89 bits per heavy atom. The topological polar surface area (TPSA) is 116 Å². The highest BCUT2D eigenvalue weighted by atomic mass is 35.5. The zero-order chi connectivity index (χ0) is 19.4. The Kier molecular flexibility index (Phi) is 4.26. The zero-order valence-corrected chi connectivity index (χ0v) is 15.5.